The molecule has 16 heavy (non-hydrogen) atoms. The average molecular weight is 223 g/mol. The molecule has 2 unspecified atom stereocenters. The van der Waals surface area contributed by atoms with Crippen LogP contribution in [0.15, 0.2) is 4.52 Å². The van der Waals surface area contributed by atoms with E-state index < -0.39 is 0 Å². The van der Waals surface area contributed by atoms with Crippen LogP contribution in [0, 0.1) is 11.8 Å². The first-order chi connectivity index (χ1) is 7.66. The van der Waals surface area contributed by atoms with E-state index in [1.807, 2.05) is 0 Å². The Hall–Kier alpha value is -0.900. The Labute approximate surface area is 96.8 Å². The van der Waals surface area contributed by atoms with E-state index in [2.05, 4.69) is 36.2 Å². The highest BCUT2D eigenvalue weighted by Crippen LogP contribution is 2.27. The Morgan fingerprint density at radius 1 is 1.50 bits per heavy atom. The van der Waals surface area contributed by atoms with Crippen LogP contribution in [0.5, 0.6) is 0 Å². The van der Waals surface area contributed by atoms with Gasteiger partial charge in [-0.15, -0.1) is 0 Å². The number of aromatic nitrogens is 2. The van der Waals surface area contributed by atoms with E-state index in [-0.39, 0.29) is 6.04 Å². The summed E-state index contributed by atoms with van der Waals surface area (Å²) in [6, 6.07) is 0.252. The lowest BCUT2D eigenvalue weighted by atomic mass is 9.93. The number of nitrogens with zero attached hydrogens (tertiary/aromatic N) is 2. The van der Waals surface area contributed by atoms with Crippen molar-refractivity contribution in [1.29, 1.82) is 0 Å². The summed E-state index contributed by atoms with van der Waals surface area (Å²) >= 11 is 0. The molecule has 1 fully saturated rings. The zero-order valence-corrected chi connectivity index (χ0v) is 10.4. The molecule has 90 valence electrons. The summed E-state index contributed by atoms with van der Waals surface area (Å²) in [6.07, 6.45) is 3.37. The second kappa shape index (κ2) is 4.95. The largest absolute Gasteiger partial charge is 0.338 e. The van der Waals surface area contributed by atoms with Gasteiger partial charge in [-0.1, -0.05) is 25.9 Å². The van der Waals surface area contributed by atoms with Gasteiger partial charge in [0, 0.05) is 6.42 Å². The molecule has 2 rings (SSSR count). The SMILES string of the molecule is CC(C)Cc1noc(C2NCCCC2C)n1. The van der Waals surface area contributed by atoms with Crippen molar-refractivity contribution in [3.8, 4) is 0 Å². The Kier molecular flexibility index (Phi) is 3.59. The first-order valence-electron chi connectivity index (χ1n) is 6.22. The maximum atomic E-state index is 5.35. The maximum Gasteiger partial charge on any atom is 0.244 e. The fourth-order valence-corrected chi connectivity index (χ4v) is 2.22. The quantitative estimate of drug-likeness (QED) is 0.854. The first kappa shape index (κ1) is 11.6. The molecule has 0 amide bonds. The fraction of sp³-hybridized carbons (Fsp3) is 0.833. The number of hydrogen-bond donors (Lipinski definition) is 1. The Balaban J connectivity index is 2.05. The van der Waals surface area contributed by atoms with Gasteiger partial charge in [-0.05, 0) is 31.2 Å². The van der Waals surface area contributed by atoms with Crippen LogP contribution in [0.4, 0.5) is 0 Å². The Morgan fingerprint density at radius 3 is 3.00 bits per heavy atom. The molecular weight excluding hydrogens is 202 g/mol. The van der Waals surface area contributed by atoms with Crippen LogP contribution in [0.1, 0.15) is 51.4 Å². The third kappa shape index (κ3) is 2.61. The van der Waals surface area contributed by atoms with Gasteiger partial charge in [-0.25, -0.2) is 0 Å². The molecule has 0 saturated carbocycles. The lowest BCUT2D eigenvalue weighted by Crippen LogP contribution is -2.33. The molecule has 1 aliphatic heterocycles. The van der Waals surface area contributed by atoms with Crippen LogP contribution in [0.2, 0.25) is 0 Å². The highest BCUT2D eigenvalue weighted by Gasteiger charge is 2.27. The lowest BCUT2D eigenvalue weighted by molar-refractivity contribution is 0.238. The maximum absolute atomic E-state index is 5.35. The highest BCUT2D eigenvalue weighted by atomic mass is 16.5. The molecule has 0 aromatic carbocycles. The highest BCUT2D eigenvalue weighted by molar-refractivity contribution is 4.97. The van der Waals surface area contributed by atoms with Gasteiger partial charge in [0.1, 0.15) is 0 Å². The molecule has 4 heteroatoms. The summed E-state index contributed by atoms with van der Waals surface area (Å²) in [6.45, 7) is 7.62. The molecule has 0 radical (unpaired) electrons. The summed E-state index contributed by atoms with van der Waals surface area (Å²) < 4.78 is 5.35. The Bertz CT molecular complexity index is 335. The van der Waals surface area contributed by atoms with Gasteiger partial charge in [0.05, 0.1) is 6.04 Å². The molecule has 4 nitrogen and oxygen atoms in total. The van der Waals surface area contributed by atoms with E-state index in [9.17, 15) is 0 Å². The smallest absolute Gasteiger partial charge is 0.244 e. The molecule has 0 aliphatic carbocycles. The van der Waals surface area contributed by atoms with Gasteiger partial charge in [0.2, 0.25) is 5.89 Å². The molecule has 1 N–H and O–H groups in total. The van der Waals surface area contributed by atoms with Crippen molar-refractivity contribution in [2.45, 2.75) is 46.1 Å². The summed E-state index contributed by atoms with van der Waals surface area (Å²) in [5.74, 6) is 2.76. The van der Waals surface area contributed by atoms with Gasteiger partial charge in [0.25, 0.3) is 0 Å². The minimum Gasteiger partial charge on any atom is -0.338 e. The molecule has 2 heterocycles. The molecule has 1 aromatic heterocycles. The topological polar surface area (TPSA) is 51.0 Å². The van der Waals surface area contributed by atoms with Crippen molar-refractivity contribution in [3.05, 3.63) is 11.7 Å². The van der Waals surface area contributed by atoms with Gasteiger partial charge < -0.3 is 9.84 Å². The van der Waals surface area contributed by atoms with Crippen molar-refractivity contribution in [3.63, 3.8) is 0 Å². The van der Waals surface area contributed by atoms with Gasteiger partial charge in [-0.3, -0.25) is 0 Å². The van der Waals surface area contributed by atoms with E-state index in [4.69, 9.17) is 4.52 Å². The van der Waals surface area contributed by atoms with Crippen LogP contribution in [-0.2, 0) is 6.42 Å². The van der Waals surface area contributed by atoms with Crippen molar-refractivity contribution >= 4 is 0 Å². The minimum absolute atomic E-state index is 0.252. The molecule has 2 atom stereocenters. The fourth-order valence-electron chi connectivity index (χ4n) is 2.22. The number of hydrogen-bond acceptors (Lipinski definition) is 4. The summed E-state index contributed by atoms with van der Waals surface area (Å²) in [5, 5.41) is 7.50. The lowest BCUT2D eigenvalue weighted by Gasteiger charge is -2.26. The van der Waals surface area contributed by atoms with E-state index >= 15 is 0 Å². The van der Waals surface area contributed by atoms with Crippen LogP contribution < -0.4 is 5.32 Å². The zero-order chi connectivity index (χ0) is 11.5. The van der Waals surface area contributed by atoms with Crippen LogP contribution in [0.3, 0.4) is 0 Å². The van der Waals surface area contributed by atoms with Gasteiger partial charge in [-0.2, -0.15) is 4.98 Å². The molecule has 1 aliphatic rings. The average Bonchev–Trinajstić information content (AvgIpc) is 2.66. The number of rotatable bonds is 3. The summed E-state index contributed by atoms with van der Waals surface area (Å²) in [5.41, 5.74) is 0. The monoisotopic (exact) mass is 223 g/mol. The van der Waals surface area contributed by atoms with Gasteiger partial charge >= 0.3 is 0 Å². The number of piperidine rings is 1. The predicted molar refractivity (Wildman–Crippen MR) is 62.0 cm³/mol. The van der Waals surface area contributed by atoms with Crippen molar-refractivity contribution in [2.24, 2.45) is 11.8 Å². The standard InChI is InChI=1S/C12H21N3O/c1-8(2)7-10-14-12(16-15-10)11-9(3)5-4-6-13-11/h8-9,11,13H,4-7H2,1-3H3. The van der Waals surface area contributed by atoms with Crippen LogP contribution in [0.25, 0.3) is 0 Å². The van der Waals surface area contributed by atoms with Crippen LogP contribution in [-0.4, -0.2) is 16.7 Å². The van der Waals surface area contributed by atoms with Gasteiger partial charge in [0.15, 0.2) is 5.82 Å². The van der Waals surface area contributed by atoms with Crippen molar-refractivity contribution in [2.75, 3.05) is 6.54 Å². The van der Waals surface area contributed by atoms with E-state index in [1.54, 1.807) is 0 Å². The van der Waals surface area contributed by atoms with E-state index in [1.165, 1.54) is 12.8 Å². The van der Waals surface area contributed by atoms with Crippen molar-refractivity contribution < 1.29 is 4.52 Å². The third-order valence-corrected chi connectivity index (χ3v) is 3.11. The molecule has 1 aromatic rings. The Morgan fingerprint density at radius 2 is 2.31 bits per heavy atom. The first-order valence-corrected chi connectivity index (χ1v) is 6.22. The normalized spacial score (nSPS) is 26.2. The summed E-state index contributed by atoms with van der Waals surface area (Å²) in [4.78, 5) is 4.48. The second-order valence-corrected chi connectivity index (χ2v) is 5.20. The molecule has 1 saturated heterocycles. The van der Waals surface area contributed by atoms with E-state index in [0.29, 0.717) is 11.8 Å². The van der Waals surface area contributed by atoms with Crippen LogP contribution >= 0.6 is 0 Å². The second-order valence-electron chi connectivity index (χ2n) is 5.20. The number of nitrogens with one attached hydrogen (secondary N) is 1. The molecule has 0 bridgehead atoms. The molecular formula is C12H21N3O. The van der Waals surface area contributed by atoms with E-state index in [0.717, 1.165) is 24.7 Å². The zero-order valence-electron chi connectivity index (χ0n) is 10.4. The van der Waals surface area contributed by atoms with Crippen molar-refractivity contribution in [1.82, 2.24) is 15.5 Å². The molecule has 0 spiro atoms. The third-order valence-electron chi connectivity index (χ3n) is 3.11. The summed E-state index contributed by atoms with van der Waals surface area (Å²) in [7, 11) is 0. The predicted octanol–water partition coefficient (Wildman–Crippen LogP) is 2.33. The minimum atomic E-state index is 0.252.